The average molecular weight is 319 g/mol. The van der Waals surface area contributed by atoms with Crippen LogP contribution in [0.2, 0.25) is 0 Å². The van der Waals surface area contributed by atoms with Crippen molar-refractivity contribution in [3.05, 3.63) is 34.1 Å². The topological polar surface area (TPSA) is 17.1 Å². The van der Waals surface area contributed by atoms with Gasteiger partial charge in [0.25, 0.3) is 0 Å². The number of rotatable bonds is 4. The molecule has 0 aliphatic carbocycles. The van der Waals surface area contributed by atoms with Gasteiger partial charge < -0.3 is 0 Å². The molecule has 0 amide bonds. The number of benzene rings is 1. The number of hydrogen-bond acceptors (Lipinski definition) is 2. The third-order valence-corrected chi connectivity index (χ3v) is 4.17. The Labute approximate surface area is 114 Å². The molecule has 1 rings (SSSR count). The van der Waals surface area contributed by atoms with Crippen molar-refractivity contribution in [1.82, 2.24) is 0 Å². The molecule has 0 N–H and O–H groups in total. The van der Waals surface area contributed by atoms with Crippen LogP contribution in [0.15, 0.2) is 22.7 Å². The van der Waals surface area contributed by atoms with Crippen molar-refractivity contribution >= 4 is 33.5 Å². The molecule has 0 radical (unpaired) electrons. The van der Waals surface area contributed by atoms with Crippen LogP contribution in [0.25, 0.3) is 0 Å². The molecule has 0 atom stereocenters. The Bertz CT molecular complexity index is 412. The summed E-state index contributed by atoms with van der Waals surface area (Å²) in [7, 11) is 0. The second-order valence-corrected chi connectivity index (χ2v) is 7.51. The van der Waals surface area contributed by atoms with Crippen LogP contribution >= 0.6 is 27.7 Å². The zero-order valence-corrected chi connectivity index (χ0v) is 12.6. The van der Waals surface area contributed by atoms with Crippen molar-refractivity contribution in [3.63, 3.8) is 0 Å². The highest BCUT2D eigenvalue weighted by atomic mass is 79.9. The second-order valence-electron chi connectivity index (χ2n) is 4.85. The first-order valence-electron chi connectivity index (χ1n) is 5.37. The average Bonchev–Trinajstić information content (AvgIpc) is 2.20. The molecule has 17 heavy (non-hydrogen) atoms. The Morgan fingerprint density at radius 2 is 2.06 bits per heavy atom. The van der Waals surface area contributed by atoms with E-state index in [0.717, 1.165) is 4.47 Å². The van der Waals surface area contributed by atoms with Crippen LogP contribution in [0.3, 0.4) is 0 Å². The molecule has 0 unspecified atom stereocenters. The van der Waals surface area contributed by atoms with E-state index in [-0.39, 0.29) is 22.8 Å². The first-order valence-corrected chi connectivity index (χ1v) is 7.15. The van der Waals surface area contributed by atoms with Crippen molar-refractivity contribution in [2.75, 3.05) is 5.75 Å². The van der Waals surface area contributed by atoms with E-state index in [1.807, 2.05) is 0 Å². The van der Waals surface area contributed by atoms with E-state index in [1.165, 1.54) is 12.1 Å². The van der Waals surface area contributed by atoms with Gasteiger partial charge in [-0.25, -0.2) is 4.39 Å². The highest BCUT2D eigenvalue weighted by molar-refractivity contribution is 9.10. The molecule has 0 spiro atoms. The van der Waals surface area contributed by atoms with Gasteiger partial charge in [0.05, 0.1) is 5.75 Å². The molecule has 1 aromatic rings. The number of carbonyl (C=O) groups excluding carboxylic acids is 1. The third kappa shape index (κ3) is 5.68. The maximum atomic E-state index is 13.0. The van der Waals surface area contributed by atoms with Gasteiger partial charge in [0, 0.05) is 15.6 Å². The van der Waals surface area contributed by atoms with Gasteiger partial charge in [0.15, 0.2) is 0 Å². The molecule has 0 saturated carbocycles. The van der Waals surface area contributed by atoms with Gasteiger partial charge in [-0.1, -0.05) is 36.7 Å². The van der Waals surface area contributed by atoms with E-state index in [2.05, 4.69) is 36.7 Å². The smallest absolute Gasteiger partial charge is 0.147 e. The first-order chi connectivity index (χ1) is 7.78. The van der Waals surface area contributed by atoms with E-state index >= 15 is 0 Å². The summed E-state index contributed by atoms with van der Waals surface area (Å²) < 4.78 is 13.9. The van der Waals surface area contributed by atoms with E-state index in [1.54, 1.807) is 17.8 Å². The molecule has 0 aliphatic rings. The van der Waals surface area contributed by atoms with Crippen LogP contribution in [0.1, 0.15) is 26.3 Å². The maximum absolute atomic E-state index is 13.0. The van der Waals surface area contributed by atoms with Gasteiger partial charge in [-0.05, 0) is 23.8 Å². The fourth-order valence-electron chi connectivity index (χ4n) is 1.24. The van der Waals surface area contributed by atoms with Gasteiger partial charge in [0.2, 0.25) is 0 Å². The van der Waals surface area contributed by atoms with Gasteiger partial charge in [0.1, 0.15) is 11.6 Å². The lowest BCUT2D eigenvalue weighted by molar-refractivity contribution is -0.116. The molecule has 1 nitrogen and oxygen atoms in total. The van der Waals surface area contributed by atoms with Gasteiger partial charge >= 0.3 is 0 Å². The molecular weight excluding hydrogens is 303 g/mol. The molecule has 94 valence electrons. The van der Waals surface area contributed by atoms with E-state index < -0.39 is 0 Å². The predicted molar refractivity (Wildman–Crippen MR) is 75.0 cm³/mol. The zero-order valence-electron chi connectivity index (χ0n) is 10.2. The highest BCUT2D eigenvalue weighted by Crippen LogP contribution is 2.24. The summed E-state index contributed by atoms with van der Waals surface area (Å²) in [6.45, 7) is 6.22. The van der Waals surface area contributed by atoms with Crippen LogP contribution in [0, 0.1) is 5.82 Å². The van der Waals surface area contributed by atoms with Gasteiger partial charge in [-0.3, -0.25) is 4.79 Å². The van der Waals surface area contributed by atoms with Crippen LogP contribution in [0.5, 0.6) is 0 Å². The van der Waals surface area contributed by atoms with Gasteiger partial charge in [-0.15, -0.1) is 11.8 Å². The van der Waals surface area contributed by atoms with Crippen molar-refractivity contribution in [1.29, 1.82) is 0 Å². The number of ketones is 1. The number of hydrogen-bond donors (Lipinski definition) is 0. The molecule has 0 saturated heterocycles. The lowest BCUT2D eigenvalue weighted by atomic mass is 10.1. The standard InChI is InChI=1S/C13H16BrFOS/c1-13(2,3)17-8-11(16)7-9-6-10(15)4-5-12(9)14/h4-6H,7-8H2,1-3H3. The lowest BCUT2D eigenvalue weighted by Gasteiger charge is -2.16. The highest BCUT2D eigenvalue weighted by Gasteiger charge is 2.14. The van der Waals surface area contributed by atoms with E-state index in [4.69, 9.17) is 0 Å². The Balaban J connectivity index is 2.59. The molecule has 4 heteroatoms. The van der Waals surface area contributed by atoms with Crippen molar-refractivity contribution in [2.45, 2.75) is 31.9 Å². The molecule has 0 fully saturated rings. The fraction of sp³-hybridized carbons (Fsp3) is 0.462. The predicted octanol–water partition coefficient (Wildman–Crippen LogP) is 4.23. The van der Waals surface area contributed by atoms with Crippen LogP contribution in [-0.4, -0.2) is 16.3 Å². The normalized spacial score (nSPS) is 11.6. The quantitative estimate of drug-likeness (QED) is 0.826. The molecule has 0 aliphatic heterocycles. The Morgan fingerprint density at radius 3 is 2.65 bits per heavy atom. The first kappa shape index (κ1) is 14.7. The monoisotopic (exact) mass is 318 g/mol. The second kappa shape index (κ2) is 6.01. The van der Waals surface area contributed by atoms with Crippen molar-refractivity contribution in [2.24, 2.45) is 0 Å². The molecule has 0 heterocycles. The SMILES string of the molecule is CC(C)(C)SCC(=O)Cc1cc(F)ccc1Br. The number of carbonyl (C=O) groups is 1. The van der Waals surface area contributed by atoms with Crippen molar-refractivity contribution in [3.8, 4) is 0 Å². The minimum Gasteiger partial charge on any atom is -0.298 e. The number of Topliss-reactive ketones (excluding diaryl/α,β-unsaturated/α-hetero) is 1. The Hall–Kier alpha value is -0.350. The lowest BCUT2D eigenvalue weighted by Crippen LogP contribution is -2.14. The Morgan fingerprint density at radius 1 is 1.41 bits per heavy atom. The largest absolute Gasteiger partial charge is 0.298 e. The van der Waals surface area contributed by atoms with Crippen molar-refractivity contribution < 1.29 is 9.18 Å². The summed E-state index contributed by atoms with van der Waals surface area (Å²) in [5, 5.41) is 0. The Kier molecular flexibility index (Phi) is 5.20. The molecule has 0 aromatic heterocycles. The molecular formula is C13H16BrFOS. The minimum absolute atomic E-state index is 0.0782. The van der Waals surface area contributed by atoms with E-state index in [9.17, 15) is 9.18 Å². The summed E-state index contributed by atoms with van der Waals surface area (Å²) in [6.07, 6.45) is 0.279. The zero-order chi connectivity index (χ0) is 13.1. The van der Waals surface area contributed by atoms with Crippen LogP contribution in [-0.2, 0) is 11.2 Å². The van der Waals surface area contributed by atoms with Gasteiger partial charge in [-0.2, -0.15) is 0 Å². The maximum Gasteiger partial charge on any atom is 0.147 e. The fourth-order valence-corrected chi connectivity index (χ4v) is 2.32. The number of halogens is 2. The molecule has 1 aromatic carbocycles. The molecule has 0 bridgehead atoms. The third-order valence-electron chi connectivity index (χ3n) is 2.06. The van der Waals surface area contributed by atoms with Crippen LogP contribution in [0.4, 0.5) is 4.39 Å². The summed E-state index contributed by atoms with van der Waals surface area (Å²) in [5.74, 6) is 0.280. The summed E-state index contributed by atoms with van der Waals surface area (Å²) in [5.41, 5.74) is 0.713. The van der Waals surface area contributed by atoms with E-state index in [0.29, 0.717) is 11.3 Å². The summed E-state index contributed by atoms with van der Waals surface area (Å²) in [6, 6.07) is 4.42. The summed E-state index contributed by atoms with van der Waals surface area (Å²) in [4.78, 5) is 11.8. The minimum atomic E-state index is -0.306. The number of thioether (sulfide) groups is 1. The van der Waals surface area contributed by atoms with Crippen LogP contribution < -0.4 is 0 Å². The summed E-state index contributed by atoms with van der Waals surface area (Å²) >= 11 is 4.94.